The summed E-state index contributed by atoms with van der Waals surface area (Å²) >= 11 is 0. The van der Waals surface area contributed by atoms with Crippen LogP contribution in [0.2, 0.25) is 0 Å². The van der Waals surface area contributed by atoms with E-state index in [1.165, 1.54) is 0 Å². The fourth-order valence-electron chi connectivity index (χ4n) is 0. The third kappa shape index (κ3) is 155. The maximum Gasteiger partial charge on any atom is 0.394 e. The second kappa shape index (κ2) is 5.21. The first-order chi connectivity index (χ1) is 4.27. The zero-order chi connectivity index (χ0) is 8.78. The van der Waals surface area contributed by atoms with Crippen molar-refractivity contribution in [3.8, 4) is 0 Å². The lowest BCUT2D eigenvalue weighted by Crippen LogP contribution is -1.89. The molecule has 2 N–H and O–H groups in total. The Morgan fingerprint density at radius 1 is 1.30 bits per heavy atom. The van der Waals surface area contributed by atoms with Crippen LogP contribution in [0.5, 0.6) is 0 Å². The summed E-state index contributed by atoms with van der Waals surface area (Å²) in [7, 11) is -4.67. The highest BCUT2D eigenvalue weighted by Gasteiger charge is 1.84. The molecule has 0 saturated carbocycles. The standard InChI is InChI=1S/C2HF3.H2O4S/c3-1-2(4)5;1-5(2,3)4/h1H;(H2,1,2,3,4). The van der Waals surface area contributed by atoms with E-state index in [0.29, 0.717) is 0 Å². The molecule has 0 radical (unpaired) electrons. The Morgan fingerprint density at radius 2 is 1.40 bits per heavy atom. The van der Waals surface area contributed by atoms with E-state index in [0.717, 1.165) is 0 Å². The largest absolute Gasteiger partial charge is 0.394 e. The smallest absolute Gasteiger partial charge is 0.264 e. The highest BCUT2D eigenvalue weighted by molar-refractivity contribution is 7.79. The Labute approximate surface area is 54.5 Å². The predicted molar refractivity (Wildman–Crippen MR) is 25.6 cm³/mol. The number of rotatable bonds is 0. The molecule has 0 aliphatic carbocycles. The third-order valence-electron chi connectivity index (χ3n) is 0.0825. The highest BCUT2D eigenvalue weighted by Crippen LogP contribution is 1.93. The molecule has 0 aromatic carbocycles. The molecule has 0 aromatic rings. The van der Waals surface area contributed by atoms with Crippen LogP contribution in [0.15, 0.2) is 12.4 Å². The molecule has 0 fully saturated rings. The number of hydrogen-bond acceptors (Lipinski definition) is 2. The van der Waals surface area contributed by atoms with Crippen molar-refractivity contribution in [1.82, 2.24) is 0 Å². The van der Waals surface area contributed by atoms with Crippen LogP contribution in [0.1, 0.15) is 0 Å². The SMILES string of the molecule is FC=C(F)F.O=S(=O)(O)O. The van der Waals surface area contributed by atoms with Crippen LogP contribution in [0.3, 0.4) is 0 Å². The first-order valence-electron chi connectivity index (χ1n) is 1.58. The van der Waals surface area contributed by atoms with Crippen LogP contribution in [-0.4, -0.2) is 17.5 Å². The monoisotopic (exact) mass is 180 g/mol. The summed E-state index contributed by atoms with van der Waals surface area (Å²) in [5.74, 6) is 0. The molecule has 10 heavy (non-hydrogen) atoms. The minimum Gasteiger partial charge on any atom is -0.264 e. The molecular formula is C2H3F3O4S. The third-order valence-corrected chi connectivity index (χ3v) is 0.0825. The summed E-state index contributed by atoms with van der Waals surface area (Å²) < 4.78 is 62.3. The summed E-state index contributed by atoms with van der Waals surface area (Å²) in [4.78, 5) is 0. The van der Waals surface area contributed by atoms with E-state index in [2.05, 4.69) is 0 Å². The summed E-state index contributed by atoms with van der Waals surface area (Å²) in [5.41, 5.74) is 0. The van der Waals surface area contributed by atoms with Gasteiger partial charge in [-0.2, -0.15) is 17.2 Å². The van der Waals surface area contributed by atoms with Crippen molar-refractivity contribution >= 4 is 10.4 Å². The number of halogens is 3. The van der Waals surface area contributed by atoms with Crippen molar-refractivity contribution in [2.45, 2.75) is 0 Å². The predicted octanol–water partition coefficient (Wildman–Crippen LogP) is 1.04. The molecule has 0 aromatic heterocycles. The van der Waals surface area contributed by atoms with E-state index in [1.807, 2.05) is 0 Å². The van der Waals surface area contributed by atoms with Gasteiger partial charge < -0.3 is 0 Å². The van der Waals surface area contributed by atoms with Gasteiger partial charge in [-0.15, -0.1) is 0 Å². The van der Waals surface area contributed by atoms with Gasteiger partial charge >= 0.3 is 10.4 Å². The Hall–Kier alpha value is -0.600. The molecule has 0 bridgehead atoms. The highest BCUT2D eigenvalue weighted by atomic mass is 32.3. The van der Waals surface area contributed by atoms with Crippen molar-refractivity contribution < 1.29 is 30.7 Å². The number of hydrogen-bond donors (Lipinski definition) is 2. The van der Waals surface area contributed by atoms with E-state index in [9.17, 15) is 13.2 Å². The molecule has 0 amide bonds. The van der Waals surface area contributed by atoms with Gasteiger partial charge in [0.15, 0.2) is 6.33 Å². The zero-order valence-corrected chi connectivity index (χ0v) is 5.15. The van der Waals surface area contributed by atoms with E-state index >= 15 is 0 Å². The molecule has 0 rings (SSSR count). The Balaban J connectivity index is 0. The van der Waals surface area contributed by atoms with E-state index in [4.69, 9.17) is 17.5 Å². The van der Waals surface area contributed by atoms with Crippen molar-refractivity contribution in [3.63, 3.8) is 0 Å². The van der Waals surface area contributed by atoms with Crippen LogP contribution >= 0.6 is 0 Å². The summed E-state index contributed by atoms with van der Waals surface area (Å²) in [6.07, 6.45) is -3.04. The van der Waals surface area contributed by atoms with E-state index in [-0.39, 0.29) is 0 Å². The molecule has 0 atom stereocenters. The Morgan fingerprint density at radius 3 is 1.40 bits per heavy atom. The van der Waals surface area contributed by atoms with Crippen molar-refractivity contribution in [2.75, 3.05) is 0 Å². The first-order valence-corrected chi connectivity index (χ1v) is 2.98. The molecule has 4 nitrogen and oxygen atoms in total. The topological polar surface area (TPSA) is 74.6 Å². The zero-order valence-electron chi connectivity index (χ0n) is 4.33. The molecule has 0 aliphatic heterocycles. The van der Waals surface area contributed by atoms with Gasteiger partial charge in [0, 0.05) is 0 Å². The Bertz CT molecular complexity index is 183. The fraction of sp³-hybridized carbons (Fsp3) is 0. The quantitative estimate of drug-likeness (QED) is 0.546. The van der Waals surface area contributed by atoms with Gasteiger partial charge in [-0.25, -0.2) is 4.39 Å². The van der Waals surface area contributed by atoms with Gasteiger partial charge in [0.2, 0.25) is 0 Å². The molecule has 8 heteroatoms. The van der Waals surface area contributed by atoms with Crippen molar-refractivity contribution in [1.29, 1.82) is 0 Å². The van der Waals surface area contributed by atoms with Crippen LogP contribution in [-0.2, 0) is 10.4 Å². The van der Waals surface area contributed by atoms with Gasteiger partial charge in [-0.1, -0.05) is 0 Å². The normalized spacial score (nSPS) is 9.30. The van der Waals surface area contributed by atoms with Crippen LogP contribution in [0, 0.1) is 0 Å². The van der Waals surface area contributed by atoms with Crippen LogP contribution in [0.25, 0.3) is 0 Å². The average Bonchev–Trinajstić information content (AvgIpc) is 1.61. The second-order valence-electron chi connectivity index (χ2n) is 0.847. The molecule has 0 aliphatic rings. The minimum absolute atomic E-state index is 0.750. The lowest BCUT2D eigenvalue weighted by molar-refractivity contribution is 0.381. The van der Waals surface area contributed by atoms with Crippen LogP contribution < -0.4 is 0 Å². The van der Waals surface area contributed by atoms with E-state index < -0.39 is 22.8 Å². The molecule has 0 unspecified atom stereocenters. The van der Waals surface area contributed by atoms with Crippen molar-refractivity contribution in [3.05, 3.63) is 12.4 Å². The summed E-state index contributed by atoms with van der Waals surface area (Å²) in [5, 5.41) is 0. The summed E-state index contributed by atoms with van der Waals surface area (Å²) in [6, 6.07) is 0. The molecular weight excluding hydrogens is 177 g/mol. The van der Waals surface area contributed by atoms with Crippen molar-refractivity contribution in [2.24, 2.45) is 0 Å². The lowest BCUT2D eigenvalue weighted by atomic mass is 11.1. The second-order valence-corrected chi connectivity index (χ2v) is 1.74. The summed E-state index contributed by atoms with van der Waals surface area (Å²) in [6.45, 7) is 0. The molecule has 0 saturated heterocycles. The molecule has 62 valence electrons. The fourth-order valence-corrected chi connectivity index (χ4v) is 0. The molecule has 0 spiro atoms. The maximum absolute atomic E-state index is 10.2. The van der Waals surface area contributed by atoms with Gasteiger partial charge in [0.1, 0.15) is 0 Å². The van der Waals surface area contributed by atoms with Gasteiger partial charge in [0.25, 0.3) is 6.08 Å². The minimum atomic E-state index is -4.67. The maximum atomic E-state index is 10.2. The first kappa shape index (κ1) is 12.1. The van der Waals surface area contributed by atoms with Crippen LogP contribution in [0.4, 0.5) is 13.2 Å². The Kier molecular flexibility index (Phi) is 6.31. The van der Waals surface area contributed by atoms with Gasteiger partial charge in [-0.3, -0.25) is 9.11 Å². The van der Waals surface area contributed by atoms with E-state index in [1.54, 1.807) is 0 Å². The average molecular weight is 180 g/mol. The lowest BCUT2D eigenvalue weighted by Gasteiger charge is -1.68. The van der Waals surface area contributed by atoms with Gasteiger partial charge in [-0.05, 0) is 0 Å². The van der Waals surface area contributed by atoms with Gasteiger partial charge in [0.05, 0.1) is 0 Å². The molecule has 0 heterocycles.